The molecule has 1 fully saturated rings. The standard InChI is InChI=1S/C15H21NO3/c1-19-10-11-6-2-3-7-12(11)15(18)16-13-8-4-5-9-14(13)17/h2-3,6-7,13-14,17H,4-5,8-10H2,1H3,(H,16,18)/t13-,14-/m1/s1. The molecule has 1 saturated carbocycles. The van der Waals surface area contributed by atoms with Crippen LogP contribution in [0.4, 0.5) is 0 Å². The summed E-state index contributed by atoms with van der Waals surface area (Å²) in [6.45, 7) is 0.414. The number of aliphatic hydroxyl groups excluding tert-OH is 1. The number of hydrogen-bond donors (Lipinski definition) is 2. The number of ether oxygens (including phenoxy) is 1. The average Bonchev–Trinajstić information content (AvgIpc) is 2.42. The topological polar surface area (TPSA) is 58.6 Å². The van der Waals surface area contributed by atoms with E-state index in [4.69, 9.17) is 4.74 Å². The number of hydrogen-bond acceptors (Lipinski definition) is 3. The molecule has 104 valence electrons. The van der Waals surface area contributed by atoms with Crippen LogP contribution in [0.2, 0.25) is 0 Å². The smallest absolute Gasteiger partial charge is 0.251 e. The summed E-state index contributed by atoms with van der Waals surface area (Å²) < 4.78 is 5.10. The maximum atomic E-state index is 12.3. The van der Waals surface area contributed by atoms with E-state index in [1.807, 2.05) is 18.2 Å². The molecule has 0 spiro atoms. The zero-order valence-electron chi connectivity index (χ0n) is 11.3. The molecule has 0 saturated heterocycles. The average molecular weight is 263 g/mol. The van der Waals surface area contributed by atoms with Gasteiger partial charge in [-0.15, -0.1) is 0 Å². The molecule has 2 rings (SSSR count). The fraction of sp³-hybridized carbons (Fsp3) is 0.533. The minimum absolute atomic E-state index is 0.126. The van der Waals surface area contributed by atoms with Gasteiger partial charge >= 0.3 is 0 Å². The third-order valence-corrected chi connectivity index (χ3v) is 3.61. The zero-order valence-corrected chi connectivity index (χ0v) is 11.3. The lowest BCUT2D eigenvalue weighted by Crippen LogP contribution is -2.45. The van der Waals surface area contributed by atoms with Crippen LogP contribution in [-0.4, -0.2) is 30.3 Å². The van der Waals surface area contributed by atoms with E-state index >= 15 is 0 Å². The van der Waals surface area contributed by atoms with Crippen molar-refractivity contribution in [2.45, 2.75) is 44.4 Å². The number of benzene rings is 1. The Balaban J connectivity index is 2.06. The van der Waals surface area contributed by atoms with Gasteiger partial charge in [-0.2, -0.15) is 0 Å². The lowest BCUT2D eigenvalue weighted by Gasteiger charge is -2.28. The predicted octanol–water partition coefficient (Wildman–Crippen LogP) is 1.87. The summed E-state index contributed by atoms with van der Waals surface area (Å²) in [5.74, 6) is -0.126. The molecular formula is C15H21NO3. The Hall–Kier alpha value is -1.39. The van der Waals surface area contributed by atoms with Crippen molar-refractivity contribution in [1.29, 1.82) is 0 Å². The van der Waals surface area contributed by atoms with Crippen molar-refractivity contribution in [3.63, 3.8) is 0 Å². The molecule has 1 aromatic rings. The fourth-order valence-corrected chi connectivity index (χ4v) is 2.55. The van der Waals surface area contributed by atoms with E-state index in [0.717, 1.165) is 31.2 Å². The normalized spacial score (nSPS) is 23.1. The number of nitrogens with one attached hydrogen (secondary N) is 1. The van der Waals surface area contributed by atoms with Crippen LogP contribution >= 0.6 is 0 Å². The molecule has 1 aliphatic rings. The van der Waals surface area contributed by atoms with Crippen molar-refractivity contribution >= 4 is 5.91 Å². The molecule has 0 unspecified atom stereocenters. The molecule has 2 N–H and O–H groups in total. The van der Waals surface area contributed by atoms with Gasteiger partial charge in [0.25, 0.3) is 5.91 Å². The molecule has 2 atom stereocenters. The predicted molar refractivity (Wildman–Crippen MR) is 72.9 cm³/mol. The molecule has 1 aliphatic carbocycles. The molecular weight excluding hydrogens is 242 g/mol. The van der Waals surface area contributed by atoms with Crippen LogP contribution in [0, 0.1) is 0 Å². The third-order valence-electron chi connectivity index (χ3n) is 3.61. The summed E-state index contributed by atoms with van der Waals surface area (Å²) in [6.07, 6.45) is 3.28. The minimum Gasteiger partial charge on any atom is -0.391 e. The van der Waals surface area contributed by atoms with Gasteiger partial charge in [0.1, 0.15) is 0 Å². The van der Waals surface area contributed by atoms with Crippen LogP contribution in [-0.2, 0) is 11.3 Å². The maximum absolute atomic E-state index is 12.3. The van der Waals surface area contributed by atoms with Gasteiger partial charge in [-0.25, -0.2) is 0 Å². The summed E-state index contributed by atoms with van der Waals surface area (Å²) in [4.78, 5) is 12.3. The highest BCUT2D eigenvalue weighted by Crippen LogP contribution is 2.19. The van der Waals surface area contributed by atoms with Crippen molar-refractivity contribution in [2.24, 2.45) is 0 Å². The summed E-state index contributed by atoms with van der Waals surface area (Å²) >= 11 is 0. The number of carbonyl (C=O) groups is 1. The Kier molecular flexibility index (Phi) is 4.93. The molecule has 0 aromatic heterocycles. The first kappa shape index (κ1) is 14.0. The van der Waals surface area contributed by atoms with Gasteiger partial charge in [-0.3, -0.25) is 4.79 Å². The van der Waals surface area contributed by atoms with Gasteiger partial charge < -0.3 is 15.2 Å². The summed E-state index contributed by atoms with van der Waals surface area (Å²) in [5, 5.41) is 12.8. The van der Waals surface area contributed by atoms with Crippen LogP contribution in [0.1, 0.15) is 41.6 Å². The van der Waals surface area contributed by atoms with E-state index in [1.165, 1.54) is 0 Å². The number of rotatable bonds is 4. The van der Waals surface area contributed by atoms with Crippen LogP contribution in [0.15, 0.2) is 24.3 Å². The SMILES string of the molecule is COCc1ccccc1C(=O)N[C@@H]1CCCC[C@H]1O. The van der Waals surface area contributed by atoms with Gasteiger partial charge in [0.15, 0.2) is 0 Å². The Morgan fingerprint density at radius 3 is 2.84 bits per heavy atom. The number of methoxy groups -OCH3 is 1. The number of amides is 1. The van der Waals surface area contributed by atoms with E-state index in [1.54, 1.807) is 13.2 Å². The van der Waals surface area contributed by atoms with Crippen molar-refractivity contribution in [3.8, 4) is 0 Å². The lowest BCUT2D eigenvalue weighted by atomic mass is 9.92. The van der Waals surface area contributed by atoms with Crippen molar-refractivity contribution in [3.05, 3.63) is 35.4 Å². The van der Waals surface area contributed by atoms with Crippen molar-refractivity contribution in [2.75, 3.05) is 7.11 Å². The number of aliphatic hydroxyl groups is 1. The quantitative estimate of drug-likeness (QED) is 0.872. The summed E-state index contributed by atoms with van der Waals surface area (Å²) in [7, 11) is 1.61. The third kappa shape index (κ3) is 3.55. The highest BCUT2D eigenvalue weighted by molar-refractivity contribution is 5.95. The van der Waals surface area contributed by atoms with Crippen LogP contribution in [0.25, 0.3) is 0 Å². The highest BCUT2D eigenvalue weighted by atomic mass is 16.5. The summed E-state index contributed by atoms with van der Waals surface area (Å²) in [6, 6.07) is 7.28. The van der Waals surface area contributed by atoms with Crippen molar-refractivity contribution in [1.82, 2.24) is 5.32 Å². The molecule has 19 heavy (non-hydrogen) atoms. The van der Waals surface area contributed by atoms with Crippen LogP contribution in [0.3, 0.4) is 0 Å². The molecule has 0 aliphatic heterocycles. The highest BCUT2D eigenvalue weighted by Gasteiger charge is 2.25. The van der Waals surface area contributed by atoms with Crippen LogP contribution in [0.5, 0.6) is 0 Å². The Bertz CT molecular complexity index is 433. The second-order valence-electron chi connectivity index (χ2n) is 5.02. The van der Waals surface area contributed by atoms with Crippen LogP contribution < -0.4 is 5.32 Å². The molecule has 1 aromatic carbocycles. The molecule has 1 amide bonds. The summed E-state index contributed by atoms with van der Waals surface area (Å²) in [5.41, 5.74) is 1.50. The van der Waals surface area contributed by atoms with Gasteiger partial charge in [0, 0.05) is 12.7 Å². The Morgan fingerprint density at radius 2 is 2.11 bits per heavy atom. The molecule has 0 heterocycles. The first-order valence-electron chi connectivity index (χ1n) is 6.78. The van der Waals surface area contributed by atoms with Gasteiger partial charge in [-0.1, -0.05) is 31.0 Å². The minimum atomic E-state index is -0.424. The number of carbonyl (C=O) groups excluding carboxylic acids is 1. The largest absolute Gasteiger partial charge is 0.391 e. The molecule has 0 radical (unpaired) electrons. The van der Waals surface area contributed by atoms with E-state index < -0.39 is 6.10 Å². The van der Waals surface area contributed by atoms with E-state index in [-0.39, 0.29) is 11.9 Å². The fourth-order valence-electron chi connectivity index (χ4n) is 2.55. The monoisotopic (exact) mass is 263 g/mol. The van der Waals surface area contributed by atoms with Gasteiger partial charge in [0.2, 0.25) is 0 Å². The first-order chi connectivity index (χ1) is 9.22. The van der Waals surface area contributed by atoms with Crippen molar-refractivity contribution < 1.29 is 14.6 Å². The lowest BCUT2D eigenvalue weighted by molar-refractivity contribution is 0.0714. The van der Waals surface area contributed by atoms with Gasteiger partial charge in [0.05, 0.1) is 18.8 Å². The first-order valence-corrected chi connectivity index (χ1v) is 6.78. The molecule has 0 bridgehead atoms. The Morgan fingerprint density at radius 1 is 1.37 bits per heavy atom. The zero-order chi connectivity index (χ0) is 13.7. The second kappa shape index (κ2) is 6.68. The van der Waals surface area contributed by atoms with E-state index in [0.29, 0.717) is 12.2 Å². The Labute approximate surface area is 113 Å². The second-order valence-corrected chi connectivity index (χ2v) is 5.02. The maximum Gasteiger partial charge on any atom is 0.251 e. The molecule has 4 nitrogen and oxygen atoms in total. The molecule has 4 heteroatoms. The van der Waals surface area contributed by atoms with E-state index in [9.17, 15) is 9.90 Å². The van der Waals surface area contributed by atoms with E-state index in [2.05, 4.69) is 5.32 Å². The van der Waals surface area contributed by atoms with Gasteiger partial charge in [-0.05, 0) is 24.5 Å².